The predicted octanol–water partition coefficient (Wildman–Crippen LogP) is 0.384. The molecule has 0 spiro atoms. The quantitative estimate of drug-likeness (QED) is 0.734. The molecule has 3 heterocycles. The number of amides is 1. The van der Waals surface area contributed by atoms with Gasteiger partial charge >= 0.3 is 0 Å². The number of rotatable bonds is 2. The third kappa shape index (κ3) is 2.27. The van der Waals surface area contributed by atoms with Gasteiger partial charge in [-0.2, -0.15) is 4.52 Å². The molecule has 1 N–H and O–H groups in total. The molecule has 21 heavy (non-hydrogen) atoms. The normalized spacial score (nSPS) is 10.8. The molecule has 3 aromatic rings. The van der Waals surface area contributed by atoms with Gasteiger partial charge in [0, 0.05) is 37.3 Å². The van der Waals surface area contributed by atoms with E-state index >= 15 is 0 Å². The van der Waals surface area contributed by atoms with Gasteiger partial charge < -0.3 is 5.32 Å². The van der Waals surface area contributed by atoms with Crippen molar-refractivity contribution < 1.29 is 4.79 Å². The smallest absolute Gasteiger partial charge is 0.275 e. The topological polar surface area (TPSA) is 94.2 Å². The van der Waals surface area contributed by atoms with Crippen LogP contribution in [0.5, 0.6) is 0 Å². The molecule has 0 aliphatic rings. The molecule has 3 aromatic heterocycles. The number of aromatic nitrogens is 5. The molecule has 3 rings (SSSR count). The maximum atomic E-state index is 12.3. The number of nitrogens with one attached hydrogen (secondary N) is 1. The van der Waals surface area contributed by atoms with E-state index in [0.717, 1.165) is 0 Å². The monoisotopic (exact) mass is 284 g/mol. The van der Waals surface area contributed by atoms with Crippen molar-refractivity contribution in [3.05, 3.63) is 52.5 Å². The van der Waals surface area contributed by atoms with Crippen molar-refractivity contribution in [1.29, 1.82) is 0 Å². The minimum absolute atomic E-state index is 0.237. The molecule has 0 atom stereocenters. The number of carbonyl (C=O) groups excluding carboxylic acids is 1. The minimum atomic E-state index is -0.388. The van der Waals surface area contributed by atoms with Crippen LogP contribution >= 0.6 is 0 Å². The van der Waals surface area contributed by atoms with Gasteiger partial charge in [0.25, 0.3) is 11.5 Å². The van der Waals surface area contributed by atoms with E-state index in [-0.39, 0.29) is 11.5 Å². The van der Waals surface area contributed by atoms with E-state index in [1.54, 1.807) is 20.0 Å². The van der Waals surface area contributed by atoms with Crippen molar-refractivity contribution in [3.8, 4) is 0 Å². The lowest BCUT2D eigenvalue weighted by Crippen LogP contribution is -2.23. The fraction of sp³-hybridized carbons (Fsp3) is 0.154. The third-order valence-corrected chi connectivity index (χ3v) is 3.00. The molecule has 0 aromatic carbocycles. The van der Waals surface area contributed by atoms with Crippen LogP contribution in [0.25, 0.3) is 5.65 Å². The Labute approximate surface area is 119 Å². The zero-order valence-electron chi connectivity index (χ0n) is 11.4. The van der Waals surface area contributed by atoms with E-state index < -0.39 is 0 Å². The Morgan fingerprint density at radius 3 is 2.81 bits per heavy atom. The Kier molecular flexibility index (Phi) is 2.98. The van der Waals surface area contributed by atoms with E-state index in [0.29, 0.717) is 22.9 Å². The van der Waals surface area contributed by atoms with Gasteiger partial charge in [-0.25, -0.2) is 9.97 Å². The first-order valence-corrected chi connectivity index (χ1v) is 6.20. The van der Waals surface area contributed by atoms with Crippen LogP contribution < -0.4 is 10.9 Å². The molecule has 0 aliphatic heterocycles. The van der Waals surface area contributed by atoms with Crippen LogP contribution in [0.2, 0.25) is 0 Å². The number of anilines is 1. The van der Waals surface area contributed by atoms with Crippen LogP contribution in [-0.4, -0.2) is 30.1 Å². The van der Waals surface area contributed by atoms with Gasteiger partial charge in [-0.1, -0.05) is 0 Å². The second kappa shape index (κ2) is 4.82. The van der Waals surface area contributed by atoms with Crippen molar-refractivity contribution in [2.45, 2.75) is 6.92 Å². The van der Waals surface area contributed by atoms with Gasteiger partial charge in [0.15, 0.2) is 11.5 Å². The molecule has 8 nitrogen and oxygen atoms in total. The molecule has 0 saturated heterocycles. The number of fused-ring (bicyclic) bond motifs is 1. The second-order valence-corrected chi connectivity index (χ2v) is 4.50. The number of carbonyl (C=O) groups is 1. The van der Waals surface area contributed by atoms with E-state index in [4.69, 9.17) is 0 Å². The summed E-state index contributed by atoms with van der Waals surface area (Å²) >= 11 is 0. The standard InChI is InChI=1S/C13H12N6O2/c1-8-5-12(20)19-11(16-8)6-9(18(19)2)13(21)17-10-7-14-3-4-15-10/h3-7H,1-2H3,(H,15,17,21). The Balaban J connectivity index is 2.05. The first kappa shape index (κ1) is 13.0. The van der Waals surface area contributed by atoms with Crippen LogP contribution in [0.1, 0.15) is 16.2 Å². The van der Waals surface area contributed by atoms with Gasteiger partial charge in [0.05, 0.1) is 6.20 Å². The first-order valence-electron chi connectivity index (χ1n) is 6.20. The van der Waals surface area contributed by atoms with Crippen molar-refractivity contribution in [2.24, 2.45) is 7.05 Å². The summed E-state index contributed by atoms with van der Waals surface area (Å²) in [5.41, 5.74) is 1.09. The van der Waals surface area contributed by atoms with E-state index in [9.17, 15) is 9.59 Å². The molecular weight excluding hydrogens is 272 g/mol. The lowest BCUT2D eigenvalue weighted by atomic mass is 10.4. The van der Waals surface area contributed by atoms with Crippen LogP contribution in [0, 0.1) is 6.92 Å². The summed E-state index contributed by atoms with van der Waals surface area (Å²) in [6, 6.07) is 2.97. The highest BCUT2D eigenvalue weighted by atomic mass is 16.2. The SMILES string of the molecule is Cc1cc(=O)n2c(cc(C(=O)Nc3cnccn3)n2C)n1. The summed E-state index contributed by atoms with van der Waals surface area (Å²) < 4.78 is 2.79. The molecule has 8 heteroatoms. The highest BCUT2D eigenvalue weighted by Crippen LogP contribution is 2.08. The van der Waals surface area contributed by atoms with Crippen molar-refractivity contribution >= 4 is 17.4 Å². The Morgan fingerprint density at radius 2 is 2.10 bits per heavy atom. The zero-order valence-corrected chi connectivity index (χ0v) is 11.4. The largest absolute Gasteiger partial charge is 0.304 e. The summed E-state index contributed by atoms with van der Waals surface area (Å²) in [7, 11) is 1.62. The average Bonchev–Trinajstić information content (AvgIpc) is 2.77. The second-order valence-electron chi connectivity index (χ2n) is 4.50. The number of hydrogen-bond donors (Lipinski definition) is 1. The van der Waals surface area contributed by atoms with Gasteiger partial charge in [0.2, 0.25) is 0 Å². The van der Waals surface area contributed by atoms with Crippen molar-refractivity contribution in [2.75, 3.05) is 5.32 Å². The fourth-order valence-electron chi connectivity index (χ4n) is 2.09. The first-order chi connectivity index (χ1) is 10.1. The lowest BCUT2D eigenvalue weighted by molar-refractivity contribution is 0.101. The van der Waals surface area contributed by atoms with Crippen LogP contribution in [0.4, 0.5) is 5.82 Å². The molecule has 0 bridgehead atoms. The maximum Gasteiger partial charge on any atom is 0.275 e. The van der Waals surface area contributed by atoms with Gasteiger partial charge in [-0.05, 0) is 6.92 Å². The van der Waals surface area contributed by atoms with Crippen molar-refractivity contribution in [1.82, 2.24) is 24.1 Å². The molecule has 1 amide bonds. The van der Waals surface area contributed by atoms with E-state index in [2.05, 4.69) is 20.3 Å². The minimum Gasteiger partial charge on any atom is -0.304 e. The van der Waals surface area contributed by atoms with Crippen LogP contribution in [0.3, 0.4) is 0 Å². The van der Waals surface area contributed by atoms with Gasteiger partial charge in [-0.3, -0.25) is 19.3 Å². The third-order valence-electron chi connectivity index (χ3n) is 3.00. The van der Waals surface area contributed by atoms with E-state index in [1.807, 2.05) is 0 Å². The summed E-state index contributed by atoms with van der Waals surface area (Å²) in [6.45, 7) is 1.73. The summed E-state index contributed by atoms with van der Waals surface area (Å²) in [5, 5.41) is 2.62. The summed E-state index contributed by atoms with van der Waals surface area (Å²) in [6.07, 6.45) is 4.43. The molecule has 0 saturated carbocycles. The molecule has 0 unspecified atom stereocenters. The number of hydrogen-bond acceptors (Lipinski definition) is 5. The lowest BCUT2D eigenvalue weighted by Gasteiger charge is -2.05. The van der Waals surface area contributed by atoms with Gasteiger partial charge in [-0.15, -0.1) is 0 Å². The molecule has 0 radical (unpaired) electrons. The average molecular weight is 284 g/mol. The summed E-state index contributed by atoms with van der Waals surface area (Å²) in [5.74, 6) is -0.0511. The zero-order chi connectivity index (χ0) is 15.0. The maximum absolute atomic E-state index is 12.3. The van der Waals surface area contributed by atoms with Crippen molar-refractivity contribution in [3.63, 3.8) is 0 Å². The predicted molar refractivity (Wildman–Crippen MR) is 75.2 cm³/mol. The number of nitrogens with zero attached hydrogens (tertiary/aromatic N) is 5. The summed E-state index contributed by atoms with van der Waals surface area (Å²) in [4.78, 5) is 36.3. The van der Waals surface area contributed by atoms with Gasteiger partial charge in [0.1, 0.15) is 5.69 Å². The Morgan fingerprint density at radius 1 is 1.29 bits per heavy atom. The Hall–Kier alpha value is -3.03. The molecule has 106 valence electrons. The molecule has 0 aliphatic carbocycles. The molecule has 0 fully saturated rings. The fourth-order valence-corrected chi connectivity index (χ4v) is 2.09. The highest BCUT2D eigenvalue weighted by Gasteiger charge is 2.16. The van der Waals surface area contributed by atoms with Crippen LogP contribution in [0.15, 0.2) is 35.5 Å². The highest BCUT2D eigenvalue weighted by molar-refractivity contribution is 6.03. The van der Waals surface area contributed by atoms with E-state index in [1.165, 1.54) is 33.9 Å². The van der Waals surface area contributed by atoms with Crippen LogP contribution in [-0.2, 0) is 7.05 Å². The number of aryl methyl sites for hydroxylation is 2. The Bertz CT molecular complexity index is 881. The molecular formula is C13H12N6O2.